The van der Waals surface area contributed by atoms with Crippen LogP contribution in [0.4, 0.5) is 0 Å². The highest BCUT2D eigenvalue weighted by molar-refractivity contribution is 5.82. The molecule has 0 amide bonds. The van der Waals surface area contributed by atoms with Crippen LogP contribution in [-0.4, -0.2) is 52.9 Å². The standard InChI is InChI=1S/C32H38N2O2/c1-34(26-7-8-26)27-6-5-24-18-25-11-13-32(35-2)28(22-4-3-21-12-16-33-20-23(21)17-22)9-10-29(32)31(25)15-14-30(24,19-27)36-31/h3-4,11-12,16-18,20,26-29H,5-10,13-15,19H2,1-2H3/t27?,28?,29-,30+,31+,32?/m0/s1. The largest absolute Gasteiger partial charge is 0.377 e. The van der Waals surface area contributed by atoms with Crippen LogP contribution in [0, 0.1) is 5.92 Å². The summed E-state index contributed by atoms with van der Waals surface area (Å²) < 4.78 is 14.1. The Labute approximate surface area is 214 Å². The lowest BCUT2D eigenvalue weighted by atomic mass is 9.63. The monoisotopic (exact) mass is 482 g/mol. The molecule has 4 nitrogen and oxygen atoms in total. The molecule has 2 spiro atoms. The topological polar surface area (TPSA) is 34.6 Å². The first-order valence-corrected chi connectivity index (χ1v) is 14.3. The summed E-state index contributed by atoms with van der Waals surface area (Å²) >= 11 is 0. The Morgan fingerprint density at radius 2 is 1.94 bits per heavy atom. The number of benzene rings is 1. The molecule has 2 aliphatic heterocycles. The number of methoxy groups -OCH3 is 1. The van der Waals surface area contributed by atoms with Gasteiger partial charge >= 0.3 is 0 Å². The van der Waals surface area contributed by atoms with Crippen molar-refractivity contribution in [2.45, 2.75) is 99.0 Å². The first kappa shape index (κ1) is 22.0. The van der Waals surface area contributed by atoms with Gasteiger partial charge in [0, 0.05) is 48.8 Å². The van der Waals surface area contributed by atoms with Gasteiger partial charge in [-0.3, -0.25) is 4.98 Å². The number of aromatic nitrogens is 1. The van der Waals surface area contributed by atoms with Crippen LogP contribution < -0.4 is 0 Å². The number of hydrogen-bond donors (Lipinski definition) is 0. The van der Waals surface area contributed by atoms with Crippen LogP contribution in [0.3, 0.4) is 0 Å². The van der Waals surface area contributed by atoms with Crippen molar-refractivity contribution in [2.24, 2.45) is 5.92 Å². The van der Waals surface area contributed by atoms with Crippen molar-refractivity contribution in [3.05, 3.63) is 65.5 Å². The lowest BCUT2D eigenvalue weighted by molar-refractivity contribution is -0.172. The quantitative estimate of drug-likeness (QED) is 0.511. The summed E-state index contributed by atoms with van der Waals surface area (Å²) in [5.41, 5.74) is 4.04. The molecule has 4 aliphatic carbocycles. The molecule has 36 heavy (non-hydrogen) atoms. The highest BCUT2D eigenvalue weighted by Gasteiger charge is 2.68. The van der Waals surface area contributed by atoms with Crippen molar-refractivity contribution < 1.29 is 9.47 Å². The van der Waals surface area contributed by atoms with Crippen LogP contribution in [0.1, 0.15) is 75.7 Å². The van der Waals surface area contributed by atoms with Crippen molar-refractivity contribution in [3.63, 3.8) is 0 Å². The number of rotatable bonds is 4. The molecule has 6 aliphatic rings. The molecule has 3 saturated carbocycles. The van der Waals surface area contributed by atoms with E-state index in [1.165, 1.54) is 66.9 Å². The molecule has 2 aromatic rings. The third-order valence-corrected chi connectivity index (χ3v) is 11.3. The second-order valence-electron chi connectivity index (χ2n) is 12.6. The molecule has 3 unspecified atom stereocenters. The summed E-state index contributed by atoms with van der Waals surface area (Å²) in [6, 6.07) is 10.5. The average molecular weight is 483 g/mol. The van der Waals surface area contributed by atoms with Gasteiger partial charge in [0.2, 0.25) is 0 Å². The summed E-state index contributed by atoms with van der Waals surface area (Å²) in [5.74, 6) is 0.790. The van der Waals surface area contributed by atoms with E-state index >= 15 is 0 Å². The van der Waals surface area contributed by atoms with Gasteiger partial charge in [-0.05, 0) is 105 Å². The van der Waals surface area contributed by atoms with Crippen LogP contribution in [0.15, 0.2) is 60.0 Å². The fraction of sp³-hybridized carbons (Fsp3) is 0.594. The van der Waals surface area contributed by atoms with Crippen molar-refractivity contribution in [3.8, 4) is 0 Å². The molecule has 0 N–H and O–H groups in total. The third-order valence-electron chi connectivity index (χ3n) is 11.3. The van der Waals surface area contributed by atoms with Crippen LogP contribution in [-0.2, 0) is 9.47 Å². The number of fused-ring (bicyclic) bond motifs is 2. The van der Waals surface area contributed by atoms with Gasteiger partial charge in [0.1, 0.15) is 0 Å². The van der Waals surface area contributed by atoms with Crippen LogP contribution in [0.2, 0.25) is 0 Å². The van der Waals surface area contributed by atoms with E-state index in [9.17, 15) is 0 Å². The SMILES string of the molecule is COC12CC=C3C=C4CCC(N(C)C5CC5)C[C@]45CC[C@]3(O5)[C@@H]1CCC2c1ccc2ccncc2c1. The molecule has 1 aromatic heterocycles. The smallest absolute Gasteiger partial charge is 0.0997 e. The molecule has 0 radical (unpaired) electrons. The van der Waals surface area contributed by atoms with E-state index in [1.54, 1.807) is 5.57 Å². The highest BCUT2D eigenvalue weighted by atomic mass is 16.5. The Kier molecular flexibility index (Phi) is 4.60. The molecular formula is C32H38N2O2. The molecule has 2 bridgehead atoms. The minimum Gasteiger partial charge on any atom is -0.377 e. The zero-order valence-electron chi connectivity index (χ0n) is 21.7. The molecule has 4 heteroatoms. The first-order chi connectivity index (χ1) is 17.6. The first-order valence-electron chi connectivity index (χ1n) is 14.3. The van der Waals surface area contributed by atoms with Crippen molar-refractivity contribution >= 4 is 10.8 Å². The Bertz CT molecular complexity index is 1300. The van der Waals surface area contributed by atoms with Gasteiger partial charge in [-0.15, -0.1) is 0 Å². The maximum atomic E-state index is 7.50. The lowest BCUT2D eigenvalue weighted by Gasteiger charge is -2.55. The third kappa shape index (κ3) is 2.84. The molecular weight excluding hydrogens is 444 g/mol. The predicted molar refractivity (Wildman–Crippen MR) is 142 cm³/mol. The van der Waals surface area contributed by atoms with Crippen LogP contribution in [0.5, 0.6) is 0 Å². The minimum atomic E-state index is -0.199. The zero-order valence-corrected chi connectivity index (χ0v) is 21.7. The minimum absolute atomic E-state index is 0.0487. The second kappa shape index (κ2) is 7.52. The van der Waals surface area contributed by atoms with Gasteiger partial charge < -0.3 is 14.4 Å². The van der Waals surface area contributed by atoms with Crippen molar-refractivity contribution in [1.29, 1.82) is 0 Å². The summed E-state index contributed by atoms with van der Waals surface area (Å²) in [7, 11) is 4.32. The number of hydrogen-bond acceptors (Lipinski definition) is 4. The number of ether oxygens (including phenoxy) is 2. The average Bonchev–Trinajstić information content (AvgIpc) is 3.62. The maximum Gasteiger partial charge on any atom is 0.0997 e. The van der Waals surface area contributed by atoms with Gasteiger partial charge in [0.05, 0.1) is 16.8 Å². The van der Waals surface area contributed by atoms with E-state index < -0.39 is 0 Å². The van der Waals surface area contributed by atoms with E-state index in [0.717, 1.165) is 25.3 Å². The number of nitrogens with zero attached hydrogens (tertiary/aromatic N) is 2. The van der Waals surface area contributed by atoms with Gasteiger partial charge in [-0.2, -0.15) is 0 Å². The summed E-state index contributed by atoms with van der Waals surface area (Å²) in [6.45, 7) is 0. The molecule has 6 atom stereocenters. The van der Waals surface area contributed by atoms with E-state index in [0.29, 0.717) is 17.9 Å². The fourth-order valence-corrected chi connectivity index (χ4v) is 9.28. The summed E-state index contributed by atoms with van der Waals surface area (Å²) in [4.78, 5) is 7.07. The van der Waals surface area contributed by atoms with E-state index in [2.05, 4.69) is 53.3 Å². The molecule has 188 valence electrons. The molecule has 3 heterocycles. The fourth-order valence-electron chi connectivity index (χ4n) is 9.28. The van der Waals surface area contributed by atoms with Crippen molar-refractivity contribution in [1.82, 2.24) is 9.88 Å². The zero-order chi connectivity index (χ0) is 24.1. The molecule has 1 aromatic carbocycles. The highest BCUT2D eigenvalue weighted by Crippen LogP contribution is 2.67. The molecule has 4 fully saturated rings. The summed E-state index contributed by atoms with van der Waals surface area (Å²) in [5, 5.41) is 2.48. The van der Waals surface area contributed by atoms with Crippen molar-refractivity contribution in [2.75, 3.05) is 14.2 Å². The van der Waals surface area contributed by atoms with E-state index in [1.807, 2.05) is 19.5 Å². The maximum absolute atomic E-state index is 7.50. The second-order valence-corrected chi connectivity index (χ2v) is 12.6. The van der Waals surface area contributed by atoms with Gasteiger partial charge in [-0.1, -0.05) is 24.3 Å². The number of pyridine rings is 1. The van der Waals surface area contributed by atoms with Gasteiger partial charge in [-0.25, -0.2) is 0 Å². The molecule has 1 saturated heterocycles. The Hall–Kier alpha value is -2.01. The molecule has 8 rings (SSSR count). The van der Waals surface area contributed by atoms with Crippen LogP contribution >= 0.6 is 0 Å². The van der Waals surface area contributed by atoms with Gasteiger partial charge in [0.15, 0.2) is 0 Å². The Morgan fingerprint density at radius 1 is 1.03 bits per heavy atom. The van der Waals surface area contributed by atoms with E-state index in [4.69, 9.17) is 9.47 Å². The Balaban J connectivity index is 1.17. The normalized spacial score (nSPS) is 41.0. The van der Waals surface area contributed by atoms with Crippen LogP contribution in [0.25, 0.3) is 10.8 Å². The Morgan fingerprint density at radius 3 is 2.81 bits per heavy atom. The summed E-state index contributed by atoms with van der Waals surface area (Å²) in [6.07, 6.45) is 21.0. The van der Waals surface area contributed by atoms with E-state index in [-0.39, 0.29) is 16.8 Å². The predicted octanol–water partition coefficient (Wildman–Crippen LogP) is 6.32. The van der Waals surface area contributed by atoms with Gasteiger partial charge in [0.25, 0.3) is 0 Å². The lowest BCUT2D eigenvalue weighted by Crippen LogP contribution is -2.58.